The number of nitrogens with zero attached hydrogens (tertiary/aromatic N) is 4. The first-order valence-corrected chi connectivity index (χ1v) is 20.1. The summed E-state index contributed by atoms with van der Waals surface area (Å²) in [6.07, 6.45) is 17.2. The molecule has 1 fully saturated rings. The van der Waals surface area contributed by atoms with Crippen LogP contribution in [-0.2, 0) is 0 Å². The van der Waals surface area contributed by atoms with E-state index >= 15 is 0 Å². The minimum Gasteiger partial charge on any atom is -0.507 e. The van der Waals surface area contributed by atoms with E-state index < -0.39 is 0 Å². The number of phenolic OH excluding ortho intramolecular Hbond substituents is 1. The number of anilines is 1. The van der Waals surface area contributed by atoms with Crippen molar-refractivity contribution in [2.45, 2.75) is 117 Å². The van der Waals surface area contributed by atoms with Gasteiger partial charge in [0.15, 0.2) is 17.5 Å². The Balaban J connectivity index is 1.49. The number of piperidine rings is 1. The van der Waals surface area contributed by atoms with Crippen LogP contribution in [0.5, 0.6) is 23.0 Å². The Morgan fingerprint density at radius 1 is 0.538 bits per heavy atom. The number of benzene rings is 3. The summed E-state index contributed by atoms with van der Waals surface area (Å²) in [6, 6.07) is 19.8. The van der Waals surface area contributed by atoms with Crippen molar-refractivity contribution < 1.29 is 19.3 Å². The molecular weight excluding hydrogens is 649 g/mol. The summed E-state index contributed by atoms with van der Waals surface area (Å²) in [5.41, 5.74) is 3.37. The van der Waals surface area contributed by atoms with Gasteiger partial charge in [-0.2, -0.15) is 0 Å². The largest absolute Gasteiger partial charge is 0.507 e. The zero-order chi connectivity index (χ0) is 36.4. The molecule has 0 bridgehead atoms. The van der Waals surface area contributed by atoms with Crippen LogP contribution in [0.15, 0.2) is 60.7 Å². The number of unbranched alkanes of at least 4 members (excludes halogenated alkanes) is 9. The molecule has 1 saturated heterocycles. The van der Waals surface area contributed by atoms with Crippen molar-refractivity contribution in [1.82, 2.24) is 15.0 Å². The molecule has 4 aromatic rings. The lowest BCUT2D eigenvalue weighted by Crippen LogP contribution is -2.29. The van der Waals surface area contributed by atoms with Gasteiger partial charge < -0.3 is 24.2 Å². The van der Waals surface area contributed by atoms with E-state index in [1.807, 2.05) is 30.3 Å². The summed E-state index contributed by atoms with van der Waals surface area (Å²) in [5.74, 6) is 3.55. The molecule has 1 aliphatic heterocycles. The molecule has 0 spiro atoms. The second-order valence-electron chi connectivity index (χ2n) is 14.0. The summed E-state index contributed by atoms with van der Waals surface area (Å²) < 4.78 is 18.6. The Morgan fingerprint density at radius 3 is 1.63 bits per heavy atom. The molecule has 0 atom stereocenters. The molecule has 0 saturated carbocycles. The smallest absolute Gasteiger partial charge is 0.167 e. The molecule has 1 aromatic heterocycles. The fourth-order valence-electron chi connectivity index (χ4n) is 6.55. The lowest BCUT2D eigenvalue weighted by molar-refractivity contribution is 0.291. The first-order valence-electron chi connectivity index (χ1n) is 20.1. The number of rotatable bonds is 22. The highest BCUT2D eigenvalue weighted by Crippen LogP contribution is 2.37. The highest BCUT2D eigenvalue weighted by Gasteiger charge is 2.19. The normalized spacial score (nSPS) is 12.9. The average molecular weight is 709 g/mol. The fraction of sp³-hybridized carbons (Fsp3) is 0.523. The van der Waals surface area contributed by atoms with Crippen LogP contribution in [0.4, 0.5) is 5.69 Å². The summed E-state index contributed by atoms with van der Waals surface area (Å²) in [5, 5.41) is 11.3. The van der Waals surface area contributed by atoms with E-state index in [0.29, 0.717) is 54.4 Å². The molecule has 8 nitrogen and oxygen atoms in total. The van der Waals surface area contributed by atoms with Gasteiger partial charge in [0.25, 0.3) is 0 Å². The summed E-state index contributed by atoms with van der Waals surface area (Å²) in [4.78, 5) is 17.4. The maximum atomic E-state index is 11.3. The highest BCUT2D eigenvalue weighted by molar-refractivity contribution is 5.73. The predicted molar refractivity (Wildman–Crippen MR) is 213 cm³/mol. The number of hydrogen-bond acceptors (Lipinski definition) is 8. The SMILES string of the molecule is CCCCCCOc1ccc(-c2nc(-c3ccc(N4CCCCC4)cc3)nc(-c3ccc(OCCCCCC)cc3OCCCCCC)n2)c(O)c1. The van der Waals surface area contributed by atoms with Gasteiger partial charge >= 0.3 is 0 Å². The van der Waals surface area contributed by atoms with E-state index in [2.05, 4.69) is 49.9 Å². The Labute approximate surface area is 312 Å². The van der Waals surface area contributed by atoms with Gasteiger partial charge in [-0.1, -0.05) is 78.6 Å². The second-order valence-corrected chi connectivity index (χ2v) is 14.0. The van der Waals surface area contributed by atoms with Crippen molar-refractivity contribution in [3.8, 4) is 57.2 Å². The van der Waals surface area contributed by atoms with Gasteiger partial charge in [-0.15, -0.1) is 0 Å². The highest BCUT2D eigenvalue weighted by atomic mass is 16.5. The maximum Gasteiger partial charge on any atom is 0.167 e. The fourth-order valence-corrected chi connectivity index (χ4v) is 6.55. The van der Waals surface area contributed by atoms with E-state index in [4.69, 9.17) is 29.2 Å². The van der Waals surface area contributed by atoms with Gasteiger partial charge in [-0.3, -0.25) is 0 Å². The van der Waals surface area contributed by atoms with Crippen molar-refractivity contribution in [2.24, 2.45) is 0 Å². The van der Waals surface area contributed by atoms with E-state index in [0.717, 1.165) is 68.5 Å². The maximum absolute atomic E-state index is 11.3. The van der Waals surface area contributed by atoms with Crippen LogP contribution in [0, 0.1) is 0 Å². The Morgan fingerprint density at radius 2 is 1.06 bits per heavy atom. The number of hydrogen-bond donors (Lipinski definition) is 1. The van der Waals surface area contributed by atoms with Gasteiger partial charge in [-0.25, -0.2) is 15.0 Å². The minimum absolute atomic E-state index is 0.0637. The Hall–Kier alpha value is -4.33. The monoisotopic (exact) mass is 708 g/mol. The van der Waals surface area contributed by atoms with Crippen molar-refractivity contribution >= 4 is 5.69 Å². The molecule has 0 unspecified atom stereocenters. The summed E-state index contributed by atoms with van der Waals surface area (Å²) in [6.45, 7) is 10.7. The van der Waals surface area contributed by atoms with Crippen LogP contribution in [0.1, 0.15) is 117 Å². The molecule has 5 rings (SSSR count). The molecule has 0 aliphatic carbocycles. The molecule has 8 heteroatoms. The van der Waals surface area contributed by atoms with Crippen LogP contribution >= 0.6 is 0 Å². The third-order valence-corrected chi connectivity index (χ3v) is 9.67. The van der Waals surface area contributed by atoms with Crippen LogP contribution in [0.25, 0.3) is 34.2 Å². The van der Waals surface area contributed by atoms with Crippen molar-refractivity contribution in [1.29, 1.82) is 0 Å². The van der Waals surface area contributed by atoms with Gasteiger partial charge in [0.05, 0.1) is 30.9 Å². The van der Waals surface area contributed by atoms with E-state index in [1.165, 1.54) is 63.5 Å². The molecule has 2 heterocycles. The molecule has 0 amide bonds. The topological polar surface area (TPSA) is 89.8 Å². The molecule has 1 aliphatic rings. The van der Waals surface area contributed by atoms with E-state index in [-0.39, 0.29) is 5.75 Å². The van der Waals surface area contributed by atoms with Crippen molar-refractivity contribution in [2.75, 3.05) is 37.8 Å². The van der Waals surface area contributed by atoms with E-state index in [1.54, 1.807) is 6.07 Å². The number of ether oxygens (including phenoxy) is 3. The molecule has 1 N–H and O–H groups in total. The van der Waals surface area contributed by atoms with Crippen LogP contribution in [-0.4, -0.2) is 53.0 Å². The molecule has 3 aromatic carbocycles. The molecule has 52 heavy (non-hydrogen) atoms. The third-order valence-electron chi connectivity index (χ3n) is 9.67. The molecular formula is C44H60N4O4. The third kappa shape index (κ3) is 11.6. The summed E-state index contributed by atoms with van der Waals surface area (Å²) in [7, 11) is 0. The van der Waals surface area contributed by atoms with Gasteiger partial charge in [-0.05, 0) is 87.1 Å². The van der Waals surface area contributed by atoms with Gasteiger partial charge in [0, 0.05) is 36.5 Å². The minimum atomic E-state index is 0.0637. The van der Waals surface area contributed by atoms with Crippen molar-refractivity contribution in [3.05, 3.63) is 60.7 Å². The predicted octanol–water partition coefficient (Wildman–Crippen LogP) is 11.4. The quantitative estimate of drug-likeness (QED) is 0.0807. The molecule has 0 radical (unpaired) electrons. The zero-order valence-electron chi connectivity index (χ0n) is 31.9. The van der Waals surface area contributed by atoms with Gasteiger partial charge in [0.1, 0.15) is 23.0 Å². The molecule has 280 valence electrons. The lowest BCUT2D eigenvalue weighted by atomic mass is 10.1. The van der Waals surface area contributed by atoms with Gasteiger partial charge in [0.2, 0.25) is 0 Å². The lowest BCUT2D eigenvalue weighted by Gasteiger charge is -2.28. The zero-order valence-corrected chi connectivity index (χ0v) is 31.9. The first-order chi connectivity index (χ1) is 25.6. The van der Waals surface area contributed by atoms with Crippen LogP contribution in [0.2, 0.25) is 0 Å². The first kappa shape index (κ1) is 38.9. The standard InChI is InChI=1S/C44H60N4O4/c1-4-7-10-16-29-50-36-23-25-38(40(49)32-36)43-45-42(34-19-21-35(22-20-34)48-27-14-13-15-28-48)46-44(47-43)39-26-24-37(51-30-17-11-8-5-2)33-41(39)52-31-18-12-9-6-3/h19-26,32-33,49H,4-18,27-31H2,1-3H3. The number of aromatic nitrogens is 3. The Kier molecular flexibility index (Phi) is 15.9. The summed E-state index contributed by atoms with van der Waals surface area (Å²) >= 11 is 0. The van der Waals surface area contributed by atoms with Crippen LogP contribution in [0.3, 0.4) is 0 Å². The van der Waals surface area contributed by atoms with E-state index in [9.17, 15) is 5.11 Å². The van der Waals surface area contributed by atoms with Crippen molar-refractivity contribution in [3.63, 3.8) is 0 Å². The number of phenols is 1. The van der Waals surface area contributed by atoms with Crippen LogP contribution < -0.4 is 19.1 Å². The second kappa shape index (κ2) is 21.3. The number of aromatic hydroxyl groups is 1. The average Bonchev–Trinajstić information content (AvgIpc) is 3.18. The Bertz CT molecular complexity index is 1640.